The summed E-state index contributed by atoms with van der Waals surface area (Å²) in [5, 5.41) is 2.12. The van der Waals surface area contributed by atoms with E-state index in [9.17, 15) is 9.18 Å². The van der Waals surface area contributed by atoms with E-state index in [1.165, 1.54) is 7.11 Å². The van der Waals surface area contributed by atoms with E-state index in [2.05, 4.69) is 15.0 Å². The molecule has 0 unspecified atom stereocenters. The topological polar surface area (TPSA) is 69.7 Å². The lowest BCUT2D eigenvalue weighted by atomic mass is 10.3. The number of anilines is 1. The lowest BCUT2D eigenvalue weighted by Crippen LogP contribution is -2.15. The monoisotopic (exact) mass is 340 g/mol. The lowest BCUT2D eigenvalue weighted by molar-refractivity contribution is 0.167. The first kappa shape index (κ1) is 16.8. The second kappa shape index (κ2) is 7.64. The van der Waals surface area contributed by atoms with Gasteiger partial charge in [-0.25, -0.2) is 9.18 Å². The second-order valence-corrected chi connectivity index (χ2v) is 4.61. The minimum absolute atomic E-state index is 0.0529. The number of pyridine rings is 1. The lowest BCUT2D eigenvalue weighted by Gasteiger charge is -2.12. The fourth-order valence-corrected chi connectivity index (χ4v) is 1.86. The maximum Gasteiger partial charge on any atom is 0.412 e. The van der Waals surface area contributed by atoms with Crippen LogP contribution in [0.15, 0.2) is 30.3 Å². The number of rotatable bonds is 5. The van der Waals surface area contributed by atoms with E-state index >= 15 is 0 Å². The van der Waals surface area contributed by atoms with E-state index in [-0.39, 0.29) is 23.3 Å². The van der Waals surface area contributed by atoms with Crippen LogP contribution in [0.3, 0.4) is 0 Å². The van der Waals surface area contributed by atoms with Gasteiger partial charge >= 0.3 is 6.09 Å². The van der Waals surface area contributed by atoms with Crippen LogP contribution >= 0.6 is 11.6 Å². The highest BCUT2D eigenvalue weighted by Gasteiger charge is 2.16. The fourth-order valence-electron chi connectivity index (χ4n) is 1.68. The molecule has 0 spiro atoms. The Hall–Kier alpha value is -2.54. The quantitative estimate of drug-likeness (QED) is 0.881. The molecule has 0 aliphatic carbocycles. The molecule has 1 heterocycles. The van der Waals surface area contributed by atoms with Gasteiger partial charge in [-0.3, -0.25) is 5.32 Å². The Morgan fingerprint density at radius 1 is 1.35 bits per heavy atom. The molecular weight excluding hydrogens is 327 g/mol. The third kappa shape index (κ3) is 4.23. The number of nitrogens with zero attached hydrogens (tertiary/aromatic N) is 1. The van der Waals surface area contributed by atoms with Crippen LogP contribution in [0.2, 0.25) is 5.02 Å². The molecule has 1 aromatic carbocycles. The smallest absolute Gasteiger partial charge is 0.412 e. The predicted octanol–water partition coefficient (Wildman–Crippen LogP) is 4.24. The number of amides is 1. The SMILES string of the molecule is CCOC(=O)Nc1nc(Oc2ccccc2OC)c(Cl)cc1F. The molecule has 0 aliphatic rings. The number of nitrogens with one attached hydrogen (secondary N) is 1. The van der Waals surface area contributed by atoms with Crippen LogP contribution in [0.1, 0.15) is 6.92 Å². The summed E-state index contributed by atoms with van der Waals surface area (Å²) in [6.07, 6.45) is -0.829. The van der Waals surface area contributed by atoms with Crippen molar-refractivity contribution in [3.05, 3.63) is 41.2 Å². The van der Waals surface area contributed by atoms with Crippen molar-refractivity contribution in [3.63, 3.8) is 0 Å². The van der Waals surface area contributed by atoms with Gasteiger partial charge in [0.15, 0.2) is 23.1 Å². The molecule has 0 radical (unpaired) electrons. The molecule has 1 aromatic heterocycles. The van der Waals surface area contributed by atoms with Gasteiger partial charge in [0.2, 0.25) is 5.88 Å². The third-order valence-electron chi connectivity index (χ3n) is 2.67. The van der Waals surface area contributed by atoms with Crippen molar-refractivity contribution in [1.82, 2.24) is 4.98 Å². The summed E-state index contributed by atoms with van der Waals surface area (Å²) >= 11 is 5.93. The van der Waals surface area contributed by atoms with Gasteiger partial charge < -0.3 is 14.2 Å². The van der Waals surface area contributed by atoms with Gasteiger partial charge in [-0.2, -0.15) is 4.98 Å². The number of halogens is 2. The van der Waals surface area contributed by atoms with E-state index in [1.807, 2.05) is 0 Å². The van der Waals surface area contributed by atoms with Crippen molar-refractivity contribution in [1.29, 1.82) is 0 Å². The van der Waals surface area contributed by atoms with Crippen molar-refractivity contribution >= 4 is 23.5 Å². The second-order valence-electron chi connectivity index (χ2n) is 4.20. The highest BCUT2D eigenvalue weighted by atomic mass is 35.5. The summed E-state index contributed by atoms with van der Waals surface area (Å²) in [5.41, 5.74) is 0. The first-order valence-electron chi connectivity index (χ1n) is 6.65. The Labute approximate surface area is 137 Å². The Morgan fingerprint density at radius 3 is 2.70 bits per heavy atom. The molecule has 2 aromatic rings. The Kier molecular flexibility index (Phi) is 5.59. The van der Waals surface area contributed by atoms with Gasteiger partial charge in [0, 0.05) is 6.07 Å². The van der Waals surface area contributed by atoms with E-state index < -0.39 is 11.9 Å². The number of para-hydroxylation sites is 2. The summed E-state index contributed by atoms with van der Waals surface area (Å²) in [4.78, 5) is 15.3. The number of methoxy groups -OCH3 is 1. The number of carbonyl (C=O) groups excluding carboxylic acids is 1. The Morgan fingerprint density at radius 2 is 2.04 bits per heavy atom. The van der Waals surface area contributed by atoms with Crippen LogP contribution in [0.5, 0.6) is 17.4 Å². The van der Waals surface area contributed by atoms with E-state index in [0.717, 1.165) is 6.07 Å². The zero-order valence-electron chi connectivity index (χ0n) is 12.4. The molecule has 6 nitrogen and oxygen atoms in total. The number of ether oxygens (including phenoxy) is 3. The summed E-state index contributed by atoms with van der Waals surface area (Å²) in [6.45, 7) is 1.77. The van der Waals surface area contributed by atoms with E-state index in [0.29, 0.717) is 11.5 Å². The first-order valence-corrected chi connectivity index (χ1v) is 7.03. The van der Waals surface area contributed by atoms with Crippen molar-refractivity contribution in [2.45, 2.75) is 6.92 Å². The van der Waals surface area contributed by atoms with Gasteiger partial charge in [0.1, 0.15) is 5.02 Å². The van der Waals surface area contributed by atoms with Crippen LogP contribution in [-0.4, -0.2) is 24.8 Å². The standard InChI is InChI=1S/C15H14ClFN2O4/c1-3-22-15(20)19-13-10(17)8-9(16)14(18-13)23-12-7-5-4-6-11(12)21-2/h4-8H,3H2,1-2H3,(H,18,19,20). The number of carbonyl (C=O) groups is 1. The number of benzene rings is 1. The number of hydrogen-bond donors (Lipinski definition) is 1. The molecule has 8 heteroatoms. The average molecular weight is 341 g/mol. The highest BCUT2D eigenvalue weighted by molar-refractivity contribution is 6.31. The molecule has 0 bridgehead atoms. The molecule has 0 fully saturated rings. The van der Waals surface area contributed by atoms with Gasteiger partial charge in [-0.15, -0.1) is 0 Å². The maximum atomic E-state index is 13.8. The van der Waals surface area contributed by atoms with E-state index in [1.54, 1.807) is 31.2 Å². The minimum atomic E-state index is -0.829. The third-order valence-corrected chi connectivity index (χ3v) is 2.94. The van der Waals surface area contributed by atoms with Crippen molar-refractivity contribution < 1.29 is 23.4 Å². The molecule has 2 rings (SSSR count). The summed E-state index contributed by atoms with van der Waals surface area (Å²) in [5.74, 6) is -0.440. The Bertz CT molecular complexity index is 712. The normalized spacial score (nSPS) is 10.1. The number of aromatic nitrogens is 1. The zero-order valence-corrected chi connectivity index (χ0v) is 13.2. The van der Waals surface area contributed by atoms with E-state index in [4.69, 9.17) is 21.1 Å². The molecule has 122 valence electrons. The maximum absolute atomic E-state index is 13.8. The first-order chi connectivity index (χ1) is 11.0. The zero-order chi connectivity index (χ0) is 16.8. The summed E-state index contributed by atoms with van der Waals surface area (Å²) in [7, 11) is 1.48. The minimum Gasteiger partial charge on any atom is -0.493 e. The van der Waals surface area contributed by atoms with Gasteiger partial charge in [0.05, 0.1) is 13.7 Å². The molecule has 1 amide bonds. The van der Waals surface area contributed by atoms with Gasteiger partial charge in [-0.1, -0.05) is 23.7 Å². The molecule has 0 atom stereocenters. The van der Waals surface area contributed by atoms with Crippen LogP contribution in [-0.2, 0) is 4.74 Å². The van der Waals surface area contributed by atoms with Gasteiger partial charge in [0.25, 0.3) is 0 Å². The van der Waals surface area contributed by atoms with Crippen LogP contribution in [0.25, 0.3) is 0 Å². The van der Waals surface area contributed by atoms with Crippen LogP contribution in [0.4, 0.5) is 15.0 Å². The highest BCUT2D eigenvalue weighted by Crippen LogP contribution is 2.35. The van der Waals surface area contributed by atoms with Gasteiger partial charge in [-0.05, 0) is 19.1 Å². The molecule has 0 saturated carbocycles. The van der Waals surface area contributed by atoms with Crippen molar-refractivity contribution in [2.24, 2.45) is 0 Å². The van der Waals surface area contributed by atoms with Crippen molar-refractivity contribution in [3.8, 4) is 17.4 Å². The largest absolute Gasteiger partial charge is 0.493 e. The summed E-state index contributed by atoms with van der Waals surface area (Å²) in [6, 6.07) is 7.80. The predicted molar refractivity (Wildman–Crippen MR) is 82.9 cm³/mol. The molecule has 0 saturated heterocycles. The van der Waals surface area contributed by atoms with Crippen LogP contribution < -0.4 is 14.8 Å². The molecule has 1 N–H and O–H groups in total. The molecular formula is C15H14ClFN2O4. The number of hydrogen-bond acceptors (Lipinski definition) is 5. The average Bonchev–Trinajstić information content (AvgIpc) is 2.52. The Balaban J connectivity index is 2.30. The molecule has 0 aliphatic heterocycles. The fraction of sp³-hybridized carbons (Fsp3) is 0.200. The summed E-state index contributed by atoms with van der Waals surface area (Å²) < 4.78 is 29.2. The van der Waals surface area contributed by atoms with Crippen LogP contribution in [0, 0.1) is 5.82 Å². The van der Waals surface area contributed by atoms with Crippen molar-refractivity contribution in [2.75, 3.05) is 19.0 Å². The molecule has 23 heavy (non-hydrogen) atoms.